The molecule has 3 nitrogen and oxygen atoms in total. The van der Waals surface area contributed by atoms with Gasteiger partial charge >= 0.3 is 5.97 Å². The van der Waals surface area contributed by atoms with Gasteiger partial charge in [0.05, 0.1) is 0 Å². The maximum atomic E-state index is 13.7. The SMILES string of the molecule is CCSc1cccnc1C(=O)O[C@@H](c1ccccc1F)C(F)F. The highest BCUT2D eigenvalue weighted by Gasteiger charge is 2.30. The molecular formula is C16H14F3NO2S. The van der Waals surface area contributed by atoms with Gasteiger partial charge in [0.2, 0.25) is 0 Å². The summed E-state index contributed by atoms with van der Waals surface area (Å²) in [5, 5.41) is 0. The van der Waals surface area contributed by atoms with Gasteiger partial charge in [0.1, 0.15) is 5.82 Å². The van der Waals surface area contributed by atoms with Crippen molar-refractivity contribution in [3.8, 4) is 0 Å². The summed E-state index contributed by atoms with van der Waals surface area (Å²) >= 11 is 1.34. The number of carbonyl (C=O) groups excluding carboxylic acids is 1. The molecule has 0 aliphatic carbocycles. The van der Waals surface area contributed by atoms with Gasteiger partial charge in [-0.25, -0.2) is 22.9 Å². The van der Waals surface area contributed by atoms with Crippen LogP contribution < -0.4 is 0 Å². The summed E-state index contributed by atoms with van der Waals surface area (Å²) in [6, 6.07) is 8.27. The van der Waals surface area contributed by atoms with E-state index in [-0.39, 0.29) is 11.3 Å². The molecule has 0 bridgehead atoms. The first kappa shape index (κ1) is 17.3. The number of carbonyl (C=O) groups is 1. The second-order valence-electron chi connectivity index (χ2n) is 4.47. The van der Waals surface area contributed by atoms with Crippen LogP contribution in [0.15, 0.2) is 47.5 Å². The van der Waals surface area contributed by atoms with E-state index in [1.54, 1.807) is 12.1 Å². The van der Waals surface area contributed by atoms with Crippen LogP contribution in [0, 0.1) is 5.82 Å². The summed E-state index contributed by atoms with van der Waals surface area (Å²) < 4.78 is 45.0. The molecular weight excluding hydrogens is 327 g/mol. The lowest BCUT2D eigenvalue weighted by Crippen LogP contribution is -2.20. The van der Waals surface area contributed by atoms with Crippen molar-refractivity contribution in [2.24, 2.45) is 0 Å². The predicted molar refractivity (Wildman–Crippen MR) is 81.2 cm³/mol. The van der Waals surface area contributed by atoms with Gasteiger partial charge in [-0.1, -0.05) is 25.1 Å². The zero-order valence-corrected chi connectivity index (χ0v) is 13.0. The van der Waals surface area contributed by atoms with Crippen LogP contribution in [-0.4, -0.2) is 23.1 Å². The number of rotatable bonds is 6. The third-order valence-electron chi connectivity index (χ3n) is 2.94. The molecule has 0 radical (unpaired) electrons. The van der Waals surface area contributed by atoms with Crippen molar-refractivity contribution in [3.05, 3.63) is 59.7 Å². The summed E-state index contributed by atoms with van der Waals surface area (Å²) in [4.78, 5) is 16.6. The van der Waals surface area contributed by atoms with Gasteiger partial charge in [-0.15, -0.1) is 11.8 Å². The molecule has 0 aliphatic heterocycles. The van der Waals surface area contributed by atoms with Gasteiger partial charge in [0.15, 0.2) is 11.8 Å². The van der Waals surface area contributed by atoms with Crippen LogP contribution in [0.25, 0.3) is 0 Å². The highest BCUT2D eigenvalue weighted by Crippen LogP contribution is 2.29. The van der Waals surface area contributed by atoms with Crippen molar-refractivity contribution in [1.29, 1.82) is 0 Å². The highest BCUT2D eigenvalue weighted by atomic mass is 32.2. The topological polar surface area (TPSA) is 39.2 Å². The minimum absolute atomic E-state index is 0.0543. The van der Waals surface area contributed by atoms with Gasteiger partial charge in [-0.2, -0.15) is 0 Å². The molecule has 0 unspecified atom stereocenters. The number of aromatic nitrogens is 1. The third kappa shape index (κ3) is 4.25. The maximum absolute atomic E-state index is 13.7. The summed E-state index contributed by atoms with van der Waals surface area (Å²) in [5.41, 5.74) is -0.419. The second-order valence-corrected chi connectivity index (χ2v) is 5.77. The number of alkyl halides is 2. The number of benzene rings is 1. The molecule has 0 saturated heterocycles. The lowest BCUT2D eigenvalue weighted by molar-refractivity contribution is -0.0369. The van der Waals surface area contributed by atoms with Crippen molar-refractivity contribution in [3.63, 3.8) is 0 Å². The summed E-state index contributed by atoms with van der Waals surface area (Å²) in [7, 11) is 0. The van der Waals surface area contributed by atoms with Gasteiger partial charge in [0.25, 0.3) is 6.43 Å². The van der Waals surface area contributed by atoms with E-state index in [1.807, 2.05) is 6.92 Å². The average molecular weight is 341 g/mol. The van der Waals surface area contributed by atoms with Crippen LogP contribution in [0.1, 0.15) is 29.1 Å². The summed E-state index contributed by atoms with van der Waals surface area (Å²) in [6.07, 6.45) is -3.66. The van der Waals surface area contributed by atoms with Gasteiger partial charge in [0, 0.05) is 16.7 Å². The van der Waals surface area contributed by atoms with Crippen LogP contribution in [0.4, 0.5) is 13.2 Å². The molecule has 1 heterocycles. The number of pyridine rings is 1. The lowest BCUT2D eigenvalue weighted by atomic mass is 10.1. The second kappa shape index (κ2) is 8.01. The van der Waals surface area contributed by atoms with Crippen molar-refractivity contribution >= 4 is 17.7 Å². The standard InChI is InChI=1S/C16H14F3NO2S/c1-2-23-12-8-5-9-20-13(12)16(21)22-14(15(18)19)10-6-3-4-7-11(10)17/h3-9,14-15H,2H2,1H3/t14-/m0/s1. The first-order valence-corrected chi connectivity index (χ1v) is 7.84. The van der Waals surface area contributed by atoms with Crippen molar-refractivity contribution in [1.82, 2.24) is 4.98 Å². The molecule has 1 aromatic heterocycles. The molecule has 0 fully saturated rings. The van der Waals surface area contributed by atoms with Crippen molar-refractivity contribution < 1.29 is 22.7 Å². The van der Waals surface area contributed by atoms with E-state index in [1.165, 1.54) is 36.2 Å². The fourth-order valence-corrected chi connectivity index (χ4v) is 2.70. The number of nitrogens with zero attached hydrogens (tertiary/aromatic N) is 1. The van der Waals surface area contributed by atoms with E-state index < -0.39 is 24.3 Å². The first-order chi connectivity index (χ1) is 11.0. The van der Waals surface area contributed by atoms with E-state index >= 15 is 0 Å². The van der Waals surface area contributed by atoms with Crippen LogP contribution in [0.3, 0.4) is 0 Å². The molecule has 0 spiro atoms. The van der Waals surface area contributed by atoms with Crippen molar-refractivity contribution in [2.75, 3.05) is 5.75 Å². The Morgan fingerprint density at radius 2 is 2.00 bits per heavy atom. The van der Waals surface area contributed by atoms with E-state index in [4.69, 9.17) is 4.74 Å². The van der Waals surface area contributed by atoms with Gasteiger partial charge in [-0.05, 0) is 24.0 Å². The zero-order valence-electron chi connectivity index (χ0n) is 12.2. The Labute approximate surface area is 135 Å². The normalized spacial score (nSPS) is 12.2. The zero-order chi connectivity index (χ0) is 16.8. The Morgan fingerprint density at radius 3 is 2.65 bits per heavy atom. The molecule has 0 saturated carbocycles. The molecule has 1 aromatic carbocycles. The number of ether oxygens (including phenoxy) is 1. The molecule has 2 rings (SSSR count). The van der Waals surface area contributed by atoms with E-state index in [9.17, 15) is 18.0 Å². The number of thioether (sulfide) groups is 1. The average Bonchev–Trinajstić information content (AvgIpc) is 2.54. The number of esters is 1. The third-order valence-corrected chi connectivity index (χ3v) is 3.87. The largest absolute Gasteiger partial charge is 0.446 e. The number of hydrogen-bond donors (Lipinski definition) is 0. The Kier molecular flexibility index (Phi) is 6.04. The minimum atomic E-state index is -3.05. The molecule has 0 amide bonds. The Hall–Kier alpha value is -2.02. The molecule has 0 aliphatic rings. The highest BCUT2D eigenvalue weighted by molar-refractivity contribution is 7.99. The molecule has 1 atom stereocenters. The van der Waals surface area contributed by atoms with Crippen LogP contribution in [0.2, 0.25) is 0 Å². The molecule has 2 aromatic rings. The number of halogens is 3. The van der Waals surface area contributed by atoms with Gasteiger partial charge < -0.3 is 4.74 Å². The monoisotopic (exact) mass is 341 g/mol. The fourth-order valence-electron chi connectivity index (χ4n) is 1.94. The smallest absolute Gasteiger partial charge is 0.358 e. The van der Waals surface area contributed by atoms with Crippen molar-refractivity contribution in [2.45, 2.75) is 24.3 Å². The van der Waals surface area contributed by atoms with Crippen LogP contribution in [-0.2, 0) is 4.74 Å². The van der Waals surface area contributed by atoms with Crippen LogP contribution >= 0.6 is 11.8 Å². The molecule has 7 heteroatoms. The van der Waals surface area contributed by atoms with Crippen LogP contribution in [0.5, 0.6) is 0 Å². The molecule has 0 N–H and O–H groups in total. The maximum Gasteiger partial charge on any atom is 0.358 e. The van der Waals surface area contributed by atoms with E-state index in [0.717, 1.165) is 6.07 Å². The Balaban J connectivity index is 2.28. The Bertz CT molecular complexity index is 682. The fraction of sp³-hybridized carbons (Fsp3) is 0.250. The summed E-state index contributed by atoms with van der Waals surface area (Å²) in [5.74, 6) is -1.18. The van der Waals surface area contributed by atoms with E-state index in [2.05, 4.69) is 4.98 Å². The Morgan fingerprint density at radius 1 is 1.26 bits per heavy atom. The first-order valence-electron chi connectivity index (χ1n) is 6.86. The summed E-state index contributed by atoms with van der Waals surface area (Å²) in [6.45, 7) is 1.88. The quantitative estimate of drug-likeness (QED) is 0.573. The van der Waals surface area contributed by atoms with Gasteiger partial charge in [-0.3, -0.25) is 0 Å². The number of hydrogen-bond acceptors (Lipinski definition) is 4. The molecule has 23 heavy (non-hydrogen) atoms. The lowest BCUT2D eigenvalue weighted by Gasteiger charge is -2.18. The minimum Gasteiger partial charge on any atom is -0.446 e. The molecule has 122 valence electrons. The predicted octanol–water partition coefficient (Wildman–Crippen LogP) is 4.50. The van der Waals surface area contributed by atoms with E-state index in [0.29, 0.717) is 10.6 Å².